The van der Waals surface area contributed by atoms with Crippen LogP contribution >= 0.6 is 0 Å². The highest BCUT2D eigenvalue weighted by Crippen LogP contribution is 2.34. The van der Waals surface area contributed by atoms with Crippen LogP contribution in [0.5, 0.6) is 0 Å². The SMILES string of the molecule is Cn1ccc2cc(S(=O)(=O)Nc3cnc(C4CCC4)nc3)ccc21. The number of nitrogens with zero attached hydrogens (tertiary/aromatic N) is 3. The van der Waals surface area contributed by atoms with Crippen molar-refractivity contribution >= 4 is 26.6 Å². The van der Waals surface area contributed by atoms with Crippen molar-refractivity contribution in [1.82, 2.24) is 14.5 Å². The quantitative estimate of drug-likeness (QED) is 0.790. The van der Waals surface area contributed by atoms with E-state index in [9.17, 15) is 8.42 Å². The molecule has 0 unspecified atom stereocenters. The van der Waals surface area contributed by atoms with Gasteiger partial charge in [0.15, 0.2) is 0 Å². The number of benzene rings is 1. The van der Waals surface area contributed by atoms with E-state index in [0.29, 0.717) is 11.6 Å². The first-order valence-electron chi connectivity index (χ1n) is 7.93. The summed E-state index contributed by atoms with van der Waals surface area (Å²) in [6.07, 6.45) is 8.43. The fourth-order valence-electron chi connectivity index (χ4n) is 2.91. The summed E-state index contributed by atoms with van der Waals surface area (Å²) in [5, 5.41) is 0.886. The molecule has 0 amide bonds. The van der Waals surface area contributed by atoms with Crippen molar-refractivity contribution in [1.29, 1.82) is 0 Å². The third-order valence-electron chi connectivity index (χ3n) is 4.56. The van der Waals surface area contributed by atoms with Crippen LogP contribution in [0.4, 0.5) is 5.69 Å². The molecule has 0 spiro atoms. The molecule has 3 aromatic rings. The molecule has 7 heteroatoms. The summed E-state index contributed by atoms with van der Waals surface area (Å²) >= 11 is 0. The first-order valence-corrected chi connectivity index (χ1v) is 9.41. The number of rotatable bonds is 4. The molecule has 0 bridgehead atoms. The summed E-state index contributed by atoms with van der Waals surface area (Å²) in [5.74, 6) is 1.23. The zero-order chi connectivity index (χ0) is 16.7. The largest absolute Gasteiger partial charge is 0.351 e. The minimum atomic E-state index is -3.66. The maximum Gasteiger partial charge on any atom is 0.262 e. The third kappa shape index (κ3) is 2.65. The maximum atomic E-state index is 12.6. The summed E-state index contributed by atoms with van der Waals surface area (Å²) in [6.45, 7) is 0. The molecule has 0 aliphatic heterocycles. The average molecular weight is 342 g/mol. The highest BCUT2D eigenvalue weighted by molar-refractivity contribution is 7.92. The molecule has 124 valence electrons. The van der Waals surface area contributed by atoms with Crippen LogP contribution in [0.2, 0.25) is 0 Å². The Kier molecular flexibility index (Phi) is 3.53. The van der Waals surface area contributed by atoms with Gasteiger partial charge in [-0.15, -0.1) is 0 Å². The predicted molar refractivity (Wildman–Crippen MR) is 92.4 cm³/mol. The van der Waals surface area contributed by atoms with E-state index in [1.54, 1.807) is 30.6 Å². The standard InChI is InChI=1S/C17H18N4O2S/c1-21-8-7-13-9-15(5-6-16(13)21)24(22,23)20-14-10-18-17(19-11-14)12-3-2-4-12/h5-12,20H,2-4H2,1H3. The van der Waals surface area contributed by atoms with Crippen LogP contribution in [0.25, 0.3) is 10.9 Å². The molecule has 1 fully saturated rings. The molecular weight excluding hydrogens is 324 g/mol. The third-order valence-corrected chi connectivity index (χ3v) is 5.94. The zero-order valence-corrected chi connectivity index (χ0v) is 14.1. The van der Waals surface area contributed by atoms with E-state index in [2.05, 4.69) is 14.7 Å². The Hall–Kier alpha value is -2.41. The maximum absolute atomic E-state index is 12.6. The van der Waals surface area contributed by atoms with Gasteiger partial charge >= 0.3 is 0 Å². The van der Waals surface area contributed by atoms with Gasteiger partial charge in [-0.2, -0.15) is 0 Å². The van der Waals surface area contributed by atoms with Crippen LogP contribution in [-0.4, -0.2) is 23.0 Å². The predicted octanol–water partition coefficient (Wildman–Crippen LogP) is 3.04. The van der Waals surface area contributed by atoms with Crippen molar-refractivity contribution in [3.05, 3.63) is 48.7 Å². The lowest BCUT2D eigenvalue weighted by Crippen LogP contribution is -2.15. The van der Waals surface area contributed by atoms with Crippen molar-refractivity contribution in [3.63, 3.8) is 0 Å². The van der Waals surface area contributed by atoms with E-state index in [4.69, 9.17) is 0 Å². The van der Waals surface area contributed by atoms with Gasteiger partial charge in [0.05, 0.1) is 23.0 Å². The van der Waals surface area contributed by atoms with Crippen LogP contribution in [0.3, 0.4) is 0 Å². The topological polar surface area (TPSA) is 76.9 Å². The van der Waals surface area contributed by atoms with Crippen LogP contribution < -0.4 is 4.72 Å². The number of aromatic nitrogens is 3. The second kappa shape index (κ2) is 5.59. The van der Waals surface area contributed by atoms with Crippen molar-refractivity contribution in [2.24, 2.45) is 7.05 Å². The number of aryl methyl sites for hydroxylation is 1. The summed E-state index contributed by atoms with van der Waals surface area (Å²) in [5.41, 5.74) is 1.37. The number of nitrogens with one attached hydrogen (secondary N) is 1. The first kappa shape index (κ1) is 15.1. The summed E-state index contributed by atoms with van der Waals surface area (Å²) in [4.78, 5) is 8.81. The van der Waals surface area contributed by atoms with Gasteiger partial charge in [-0.25, -0.2) is 18.4 Å². The van der Waals surface area contributed by atoms with Gasteiger partial charge in [-0.3, -0.25) is 4.72 Å². The Balaban J connectivity index is 1.59. The van der Waals surface area contributed by atoms with Crippen molar-refractivity contribution in [2.75, 3.05) is 4.72 Å². The van der Waals surface area contributed by atoms with Crippen molar-refractivity contribution < 1.29 is 8.42 Å². The lowest BCUT2D eigenvalue weighted by molar-refractivity contribution is 0.401. The number of fused-ring (bicyclic) bond motifs is 1. The van der Waals surface area contributed by atoms with Gasteiger partial charge < -0.3 is 4.57 Å². The van der Waals surface area contributed by atoms with Gasteiger partial charge in [0.1, 0.15) is 5.82 Å². The molecule has 2 aromatic heterocycles. The molecule has 6 nitrogen and oxygen atoms in total. The molecule has 4 rings (SSSR count). The normalized spacial score (nSPS) is 15.4. The molecule has 1 N–H and O–H groups in total. The van der Waals surface area contributed by atoms with E-state index < -0.39 is 10.0 Å². The van der Waals surface area contributed by atoms with E-state index in [1.807, 2.05) is 23.9 Å². The molecule has 0 radical (unpaired) electrons. The number of anilines is 1. The Labute approximate surface area is 140 Å². The first-order chi connectivity index (χ1) is 11.5. The molecule has 2 heterocycles. The summed E-state index contributed by atoms with van der Waals surface area (Å²) in [7, 11) is -1.73. The number of hydrogen-bond acceptors (Lipinski definition) is 4. The fraction of sp³-hybridized carbons (Fsp3) is 0.294. The molecule has 0 atom stereocenters. The molecular formula is C17H18N4O2S. The van der Waals surface area contributed by atoms with E-state index in [1.165, 1.54) is 6.42 Å². The monoisotopic (exact) mass is 342 g/mol. The Morgan fingerprint density at radius 2 is 1.92 bits per heavy atom. The van der Waals surface area contributed by atoms with E-state index >= 15 is 0 Å². The average Bonchev–Trinajstić information content (AvgIpc) is 2.88. The minimum Gasteiger partial charge on any atom is -0.351 e. The summed E-state index contributed by atoms with van der Waals surface area (Å²) < 4.78 is 29.6. The highest BCUT2D eigenvalue weighted by atomic mass is 32.2. The molecule has 0 saturated heterocycles. The van der Waals surface area contributed by atoms with Crippen LogP contribution in [-0.2, 0) is 17.1 Å². The summed E-state index contributed by atoms with van der Waals surface area (Å²) in [6, 6.07) is 6.97. The van der Waals surface area contributed by atoms with Gasteiger partial charge in [-0.05, 0) is 37.1 Å². The van der Waals surface area contributed by atoms with Crippen molar-refractivity contribution in [2.45, 2.75) is 30.1 Å². The van der Waals surface area contributed by atoms with Crippen LogP contribution in [0, 0.1) is 0 Å². The molecule has 24 heavy (non-hydrogen) atoms. The number of sulfonamides is 1. The minimum absolute atomic E-state index is 0.226. The van der Waals surface area contributed by atoms with Crippen molar-refractivity contribution in [3.8, 4) is 0 Å². The molecule has 1 aliphatic rings. The lowest BCUT2D eigenvalue weighted by Gasteiger charge is -2.23. The van der Waals surface area contributed by atoms with Gasteiger partial charge in [0.25, 0.3) is 10.0 Å². The fourth-order valence-corrected chi connectivity index (χ4v) is 3.97. The molecule has 1 saturated carbocycles. The molecule has 1 aromatic carbocycles. The van der Waals surface area contributed by atoms with E-state index in [0.717, 1.165) is 29.6 Å². The van der Waals surface area contributed by atoms with Gasteiger partial charge in [0.2, 0.25) is 0 Å². The second-order valence-corrected chi connectivity index (χ2v) is 7.89. The van der Waals surface area contributed by atoms with Crippen LogP contribution in [0.1, 0.15) is 31.0 Å². The Morgan fingerprint density at radius 3 is 2.58 bits per heavy atom. The Bertz CT molecular complexity index is 989. The van der Waals surface area contributed by atoms with Gasteiger partial charge in [0, 0.05) is 30.1 Å². The second-order valence-electron chi connectivity index (χ2n) is 6.21. The highest BCUT2D eigenvalue weighted by Gasteiger charge is 2.22. The zero-order valence-electron chi connectivity index (χ0n) is 13.3. The number of hydrogen-bond donors (Lipinski definition) is 1. The lowest BCUT2D eigenvalue weighted by atomic mass is 9.85. The smallest absolute Gasteiger partial charge is 0.262 e. The Morgan fingerprint density at radius 1 is 1.17 bits per heavy atom. The molecule has 1 aliphatic carbocycles. The van der Waals surface area contributed by atoms with Gasteiger partial charge in [-0.1, -0.05) is 6.42 Å². The van der Waals surface area contributed by atoms with Crippen LogP contribution in [0.15, 0.2) is 47.8 Å². The van der Waals surface area contributed by atoms with E-state index in [-0.39, 0.29) is 4.90 Å².